The number of hydrogen-bond donors (Lipinski definition) is 0. The lowest BCUT2D eigenvalue weighted by atomic mass is 10.0. The topological polar surface area (TPSA) is 30.7 Å². The SMILES string of the molecule is CCC(CC)Cn1cc(CCCl)nn1. The van der Waals surface area contributed by atoms with Crippen LogP contribution >= 0.6 is 11.6 Å². The van der Waals surface area contributed by atoms with Gasteiger partial charge in [0, 0.05) is 25.0 Å². The molecule has 3 nitrogen and oxygen atoms in total. The molecule has 0 N–H and O–H groups in total. The fourth-order valence-electron chi connectivity index (χ4n) is 1.45. The summed E-state index contributed by atoms with van der Waals surface area (Å²) in [6, 6.07) is 0. The molecule has 80 valence electrons. The second-order valence-electron chi connectivity index (χ2n) is 3.55. The highest BCUT2D eigenvalue weighted by Crippen LogP contribution is 2.10. The van der Waals surface area contributed by atoms with Gasteiger partial charge in [-0.25, -0.2) is 0 Å². The standard InChI is InChI=1S/C10H18ClN3/c1-3-9(4-2)7-14-8-10(5-6-11)12-13-14/h8-9H,3-7H2,1-2H3. The van der Waals surface area contributed by atoms with E-state index in [4.69, 9.17) is 11.6 Å². The minimum Gasteiger partial charge on any atom is -0.252 e. The maximum absolute atomic E-state index is 5.63. The summed E-state index contributed by atoms with van der Waals surface area (Å²) in [5.41, 5.74) is 0.992. The molecule has 4 heteroatoms. The molecule has 0 amide bonds. The van der Waals surface area contributed by atoms with E-state index in [9.17, 15) is 0 Å². The largest absolute Gasteiger partial charge is 0.252 e. The Morgan fingerprint density at radius 2 is 2.14 bits per heavy atom. The van der Waals surface area contributed by atoms with Crippen molar-refractivity contribution in [2.45, 2.75) is 39.7 Å². The Balaban J connectivity index is 2.49. The monoisotopic (exact) mass is 215 g/mol. The zero-order valence-electron chi connectivity index (χ0n) is 8.91. The van der Waals surface area contributed by atoms with Crippen LogP contribution in [0.25, 0.3) is 0 Å². The quantitative estimate of drug-likeness (QED) is 0.683. The molecule has 1 aromatic heterocycles. The lowest BCUT2D eigenvalue weighted by molar-refractivity contribution is 0.390. The van der Waals surface area contributed by atoms with E-state index in [0.717, 1.165) is 18.7 Å². The van der Waals surface area contributed by atoms with E-state index in [2.05, 4.69) is 24.2 Å². The summed E-state index contributed by atoms with van der Waals surface area (Å²) >= 11 is 5.63. The molecule has 0 bridgehead atoms. The van der Waals surface area contributed by atoms with E-state index in [1.165, 1.54) is 12.8 Å². The van der Waals surface area contributed by atoms with Crippen molar-refractivity contribution in [2.24, 2.45) is 5.92 Å². The first kappa shape index (κ1) is 11.5. The Kier molecular flexibility index (Phi) is 4.94. The molecule has 0 aliphatic carbocycles. The highest BCUT2D eigenvalue weighted by molar-refractivity contribution is 6.17. The zero-order valence-corrected chi connectivity index (χ0v) is 9.67. The van der Waals surface area contributed by atoms with Crippen LogP contribution in [0.2, 0.25) is 0 Å². The van der Waals surface area contributed by atoms with E-state index in [0.29, 0.717) is 11.8 Å². The van der Waals surface area contributed by atoms with Gasteiger partial charge in [-0.05, 0) is 5.92 Å². The maximum atomic E-state index is 5.63. The lowest BCUT2D eigenvalue weighted by Crippen LogP contribution is -2.09. The molecule has 0 saturated carbocycles. The molecule has 0 radical (unpaired) electrons. The molecule has 0 aromatic carbocycles. The Hall–Kier alpha value is -0.570. The lowest BCUT2D eigenvalue weighted by Gasteiger charge is -2.10. The van der Waals surface area contributed by atoms with E-state index >= 15 is 0 Å². The highest BCUT2D eigenvalue weighted by atomic mass is 35.5. The van der Waals surface area contributed by atoms with Gasteiger partial charge in [-0.2, -0.15) is 0 Å². The second-order valence-corrected chi connectivity index (χ2v) is 3.93. The van der Waals surface area contributed by atoms with E-state index in [1.807, 2.05) is 10.9 Å². The molecule has 0 fully saturated rings. The summed E-state index contributed by atoms with van der Waals surface area (Å²) in [7, 11) is 0. The minimum absolute atomic E-state index is 0.615. The van der Waals surface area contributed by atoms with Gasteiger partial charge in [-0.3, -0.25) is 4.68 Å². The summed E-state index contributed by atoms with van der Waals surface area (Å²) in [6.45, 7) is 5.40. The first-order valence-corrected chi connectivity index (χ1v) is 5.78. The molecule has 1 heterocycles. The van der Waals surface area contributed by atoms with Gasteiger partial charge in [0.25, 0.3) is 0 Å². The summed E-state index contributed by atoms with van der Waals surface area (Å²) in [4.78, 5) is 0. The number of alkyl halides is 1. The van der Waals surface area contributed by atoms with Gasteiger partial charge in [-0.1, -0.05) is 31.9 Å². The smallest absolute Gasteiger partial charge is 0.0839 e. The van der Waals surface area contributed by atoms with Crippen molar-refractivity contribution in [3.05, 3.63) is 11.9 Å². The highest BCUT2D eigenvalue weighted by Gasteiger charge is 2.06. The van der Waals surface area contributed by atoms with Crippen LogP contribution in [0.3, 0.4) is 0 Å². The fraction of sp³-hybridized carbons (Fsp3) is 0.800. The Labute approximate surface area is 90.4 Å². The molecule has 0 unspecified atom stereocenters. The third-order valence-electron chi connectivity index (χ3n) is 2.54. The van der Waals surface area contributed by atoms with E-state index in [1.54, 1.807) is 0 Å². The van der Waals surface area contributed by atoms with Crippen molar-refractivity contribution in [1.82, 2.24) is 15.0 Å². The van der Waals surface area contributed by atoms with Crippen LogP contribution in [-0.4, -0.2) is 20.9 Å². The minimum atomic E-state index is 0.615. The van der Waals surface area contributed by atoms with Crippen LogP contribution in [-0.2, 0) is 13.0 Å². The average molecular weight is 216 g/mol. The van der Waals surface area contributed by atoms with Gasteiger partial charge in [0.1, 0.15) is 0 Å². The van der Waals surface area contributed by atoms with Crippen molar-refractivity contribution in [3.8, 4) is 0 Å². The van der Waals surface area contributed by atoms with Crippen molar-refractivity contribution >= 4 is 11.6 Å². The maximum Gasteiger partial charge on any atom is 0.0839 e. The first-order chi connectivity index (χ1) is 6.80. The predicted molar refractivity (Wildman–Crippen MR) is 58.5 cm³/mol. The van der Waals surface area contributed by atoms with Crippen molar-refractivity contribution in [3.63, 3.8) is 0 Å². The van der Waals surface area contributed by atoms with E-state index < -0.39 is 0 Å². The van der Waals surface area contributed by atoms with Crippen molar-refractivity contribution in [2.75, 3.05) is 5.88 Å². The molecular weight excluding hydrogens is 198 g/mol. The Bertz CT molecular complexity index is 256. The number of halogens is 1. The molecule has 14 heavy (non-hydrogen) atoms. The Morgan fingerprint density at radius 1 is 1.43 bits per heavy atom. The summed E-state index contributed by atoms with van der Waals surface area (Å²) in [5, 5.41) is 8.13. The van der Waals surface area contributed by atoms with E-state index in [-0.39, 0.29) is 0 Å². The molecule has 0 atom stereocenters. The molecule has 0 saturated heterocycles. The summed E-state index contributed by atoms with van der Waals surface area (Å²) in [6.07, 6.45) is 5.20. The van der Waals surface area contributed by atoms with Gasteiger partial charge in [0.05, 0.1) is 5.69 Å². The van der Waals surface area contributed by atoms with Gasteiger partial charge in [0.15, 0.2) is 0 Å². The van der Waals surface area contributed by atoms with Crippen molar-refractivity contribution in [1.29, 1.82) is 0 Å². The van der Waals surface area contributed by atoms with Gasteiger partial charge >= 0.3 is 0 Å². The van der Waals surface area contributed by atoms with Gasteiger partial charge in [0.2, 0.25) is 0 Å². The molecule has 0 aliphatic heterocycles. The van der Waals surface area contributed by atoms with Gasteiger partial charge in [-0.15, -0.1) is 16.7 Å². The number of aromatic nitrogens is 3. The predicted octanol–water partition coefficient (Wildman–Crippen LogP) is 2.50. The average Bonchev–Trinajstić information content (AvgIpc) is 2.63. The number of aryl methyl sites for hydroxylation is 1. The number of nitrogens with zero attached hydrogens (tertiary/aromatic N) is 3. The molecule has 0 spiro atoms. The second kappa shape index (κ2) is 6.02. The first-order valence-electron chi connectivity index (χ1n) is 5.25. The van der Waals surface area contributed by atoms with Crippen LogP contribution in [0.15, 0.2) is 6.20 Å². The number of rotatable bonds is 6. The summed E-state index contributed by atoms with van der Waals surface area (Å²) in [5.74, 6) is 1.32. The third-order valence-corrected chi connectivity index (χ3v) is 2.73. The molecule has 0 aliphatic rings. The van der Waals surface area contributed by atoms with Gasteiger partial charge < -0.3 is 0 Å². The third kappa shape index (κ3) is 3.29. The molecule has 1 aromatic rings. The van der Waals surface area contributed by atoms with Crippen molar-refractivity contribution < 1.29 is 0 Å². The van der Waals surface area contributed by atoms with Crippen LogP contribution < -0.4 is 0 Å². The molecule has 1 rings (SSSR count). The van der Waals surface area contributed by atoms with Crippen LogP contribution in [0.5, 0.6) is 0 Å². The normalized spacial score (nSPS) is 11.1. The van der Waals surface area contributed by atoms with Crippen LogP contribution in [0.1, 0.15) is 32.4 Å². The summed E-state index contributed by atoms with van der Waals surface area (Å²) < 4.78 is 1.93. The zero-order chi connectivity index (χ0) is 10.4. The van der Waals surface area contributed by atoms with Crippen LogP contribution in [0.4, 0.5) is 0 Å². The fourth-order valence-corrected chi connectivity index (χ4v) is 1.64. The Morgan fingerprint density at radius 3 is 2.71 bits per heavy atom. The number of hydrogen-bond acceptors (Lipinski definition) is 2. The molecular formula is C10H18ClN3. The van der Waals surface area contributed by atoms with Crippen LogP contribution in [0, 0.1) is 5.92 Å².